The third-order valence-corrected chi connectivity index (χ3v) is 6.62. The van der Waals surface area contributed by atoms with E-state index >= 15 is 0 Å². The summed E-state index contributed by atoms with van der Waals surface area (Å²) in [5, 5.41) is 0. The second-order valence-electron chi connectivity index (χ2n) is 6.73. The highest BCUT2D eigenvalue weighted by Crippen LogP contribution is 2.55. The summed E-state index contributed by atoms with van der Waals surface area (Å²) in [5.74, 6) is 1.10. The van der Waals surface area contributed by atoms with Crippen LogP contribution in [0.25, 0.3) is 0 Å². The minimum atomic E-state index is 0.396. The van der Waals surface area contributed by atoms with Gasteiger partial charge in [-0.2, -0.15) is 0 Å². The van der Waals surface area contributed by atoms with Crippen LogP contribution in [0.4, 0.5) is 0 Å². The number of hydrogen-bond donors (Lipinski definition) is 0. The number of alkyl halides is 1. The molecule has 1 aromatic carbocycles. The first kappa shape index (κ1) is 14.4. The lowest BCUT2D eigenvalue weighted by atomic mass is 9.61. The summed E-state index contributed by atoms with van der Waals surface area (Å²) >= 11 is 3.92. The molecule has 0 aliphatic heterocycles. The molecule has 1 aromatic rings. The molecule has 1 spiro atoms. The molecule has 2 saturated carbocycles. The third-order valence-electron chi connectivity index (χ3n) is 5.33. The van der Waals surface area contributed by atoms with Crippen molar-refractivity contribution in [3.8, 4) is 5.75 Å². The van der Waals surface area contributed by atoms with Crippen LogP contribution in [0.5, 0.6) is 5.75 Å². The van der Waals surface area contributed by atoms with E-state index in [-0.39, 0.29) is 0 Å². The lowest BCUT2D eigenvalue weighted by Crippen LogP contribution is -2.56. The quantitative estimate of drug-likeness (QED) is 0.642. The largest absolute Gasteiger partial charge is 0.489 e. The fourth-order valence-corrected chi connectivity index (χ4v) is 4.97. The van der Waals surface area contributed by atoms with Gasteiger partial charge in [0.1, 0.15) is 11.9 Å². The SMILES string of the molecule is Cc1ccc(C)c(OC2CC(Br)C23CCCCCC3)c1. The Bertz CT molecular complexity index is 474. The zero-order valence-corrected chi connectivity index (χ0v) is 14.2. The van der Waals surface area contributed by atoms with Gasteiger partial charge in [0.25, 0.3) is 0 Å². The molecule has 0 saturated heterocycles. The molecule has 0 aromatic heterocycles. The Morgan fingerprint density at radius 3 is 2.45 bits per heavy atom. The Morgan fingerprint density at radius 1 is 1.10 bits per heavy atom. The van der Waals surface area contributed by atoms with Gasteiger partial charge in [0.05, 0.1) is 0 Å². The molecule has 0 bridgehead atoms. The van der Waals surface area contributed by atoms with Crippen molar-refractivity contribution in [2.45, 2.75) is 69.7 Å². The summed E-state index contributed by atoms with van der Waals surface area (Å²) in [6, 6.07) is 6.54. The highest BCUT2D eigenvalue weighted by Gasteiger charge is 2.55. The Morgan fingerprint density at radius 2 is 1.80 bits per heavy atom. The van der Waals surface area contributed by atoms with Crippen molar-refractivity contribution < 1.29 is 4.74 Å². The molecule has 110 valence electrons. The van der Waals surface area contributed by atoms with Gasteiger partial charge in [0, 0.05) is 10.2 Å². The fraction of sp³-hybridized carbons (Fsp3) is 0.667. The molecular weight excluding hydrogens is 312 g/mol. The molecule has 0 amide bonds. The lowest BCUT2D eigenvalue weighted by molar-refractivity contribution is -0.0465. The van der Waals surface area contributed by atoms with Crippen molar-refractivity contribution in [1.29, 1.82) is 0 Å². The molecule has 2 aliphatic carbocycles. The maximum Gasteiger partial charge on any atom is 0.122 e. The molecule has 1 nitrogen and oxygen atoms in total. The molecule has 2 atom stereocenters. The van der Waals surface area contributed by atoms with Crippen LogP contribution < -0.4 is 4.74 Å². The molecule has 2 aliphatic rings. The van der Waals surface area contributed by atoms with Crippen LogP contribution in [0.15, 0.2) is 18.2 Å². The van der Waals surface area contributed by atoms with Crippen molar-refractivity contribution >= 4 is 15.9 Å². The van der Waals surface area contributed by atoms with Gasteiger partial charge in [-0.3, -0.25) is 0 Å². The Kier molecular flexibility index (Phi) is 4.12. The Hall–Kier alpha value is -0.500. The summed E-state index contributed by atoms with van der Waals surface area (Å²) in [7, 11) is 0. The van der Waals surface area contributed by atoms with E-state index < -0.39 is 0 Å². The van der Waals surface area contributed by atoms with Gasteiger partial charge < -0.3 is 4.74 Å². The Labute approximate surface area is 131 Å². The average Bonchev–Trinajstić information content (AvgIpc) is 2.70. The molecule has 3 rings (SSSR count). The summed E-state index contributed by atoms with van der Waals surface area (Å²) in [6.07, 6.45) is 9.77. The molecule has 20 heavy (non-hydrogen) atoms. The third kappa shape index (κ3) is 2.52. The van der Waals surface area contributed by atoms with Crippen molar-refractivity contribution in [3.63, 3.8) is 0 Å². The van der Waals surface area contributed by atoms with E-state index in [1.54, 1.807) is 0 Å². The maximum absolute atomic E-state index is 6.45. The zero-order chi connectivity index (χ0) is 14.2. The standard InChI is InChI=1S/C18H25BrO/c1-13-7-8-14(2)15(11-13)20-17-12-16(19)18(17)9-5-3-4-6-10-18/h7-8,11,16-17H,3-6,9-10,12H2,1-2H3. The predicted octanol–water partition coefficient (Wildman–Crippen LogP) is 5.56. The predicted molar refractivity (Wildman–Crippen MR) is 87.8 cm³/mol. The number of hydrogen-bond acceptors (Lipinski definition) is 1. The van der Waals surface area contributed by atoms with E-state index in [2.05, 4.69) is 48.0 Å². The van der Waals surface area contributed by atoms with Crippen LogP contribution >= 0.6 is 15.9 Å². The molecular formula is C18H25BrO. The molecule has 0 radical (unpaired) electrons. The monoisotopic (exact) mass is 336 g/mol. The molecule has 0 heterocycles. The van der Waals surface area contributed by atoms with Gasteiger partial charge in [-0.05, 0) is 50.3 Å². The normalized spacial score (nSPS) is 28.8. The van der Waals surface area contributed by atoms with Crippen LogP contribution in [0, 0.1) is 19.3 Å². The fourth-order valence-electron chi connectivity index (χ4n) is 3.87. The van der Waals surface area contributed by atoms with E-state index in [1.165, 1.54) is 49.7 Å². The first-order valence-corrected chi connectivity index (χ1v) is 8.91. The van der Waals surface area contributed by atoms with Gasteiger partial charge in [0.2, 0.25) is 0 Å². The smallest absolute Gasteiger partial charge is 0.122 e. The van der Waals surface area contributed by atoms with Gasteiger partial charge in [-0.25, -0.2) is 0 Å². The van der Waals surface area contributed by atoms with E-state index in [1.807, 2.05) is 0 Å². The van der Waals surface area contributed by atoms with E-state index in [0.717, 1.165) is 12.2 Å². The van der Waals surface area contributed by atoms with Gasteiger partial charge in [0.15, 0.2) is 0 Å². The number of ether oxygens (including phenoxy) is 1. The number of rotatable bonds is 2. The van der Waals surface area contributed by atoms with Crippen molar-refractivity contribution in [2.24, 2.45) is 5.41 Å². The van der Waals surface area contributed by atoms with Crippen LogP contribution in [0.3, 0.4) is 0 Å². The number of halogens is 1. The Balaban J connectivity index is 1.78. The van der Waals surface area contributed by atoms with E-state index in [9.17, 15) is 0 Å². The highest BCUT2D eigenvalue weighted by atomic mass is 79.9. The molecule has 0 N–H and O–H groups in total. The summed E-state index contributed by atoms with van der Waals surface area (Å²) in [6.45, 7) is 4.29. The van der Waals surface area contributed by atoms with Crippen LogP contribution in [-0.2, 0) is 0 Å². The van der Waals surface area contributed by atoms with Gasteiger partial charge in [-0.1, -0.05) is 53.7 Å². The minimum Gasteiger partial charge on any atom is -0.489 e. The maximum atomic E-state index is 6.45. The summed E-state index contributed by atoms with van der Waals surface area (Å²) < 4.78 is 6.45. The number of benzene rings is 1. The number of aryl methyl sites for hydroxylation is 2. The van der Waals surface area contributed by atoms with Gasteiger partial charge >= 0.3 is 0 Å². The summed E-state index contributed by atoms with van der Waals surface area (Å²) in [5.41, 5.74) is 2.94. The first-order chi connectivity index (χ1) is 9.62. The molecule has 2 unspecified atom stereocenters. The van der Waals surface area contributed by atoms with Gasteiger partial charge in [-0.15, -0.1) is 0 Å². The molecule has 2 fully saturated rings. The second kappa shape index (κ2) is 5.71. The summed E-state index contributed by atoms with van der Waals surface area (Å²) in [4.78, 5) is 0.656. The highest BCUT2D eigenvalue weighted by molar-refractivity contribution is 9.09. The topological polar surface area (TPSA) is 9.23 Å². The van der Waals surface area contributed by atoms with Crippen LogP contribution in [0.2, 0.25) is 0 Å². The zero-order valence-electron chi connectivity index (χ0n) is 12.6. The van der Waals surface area contributed by atoms with Crippen molar-refractivity contribution in [1.82, 2.24) is 0 Å². The first-order valence-electron chi connectivity index (χ1n) is 8.00. The van der Waals surface area contributed by atoms with E-state index in [4.69, 9.17) is 4.74 Å². The lowest BCUT2D eigenvalue weighted by Gasteiger charge is -2.53. The van der Waals surface area contributed by atoms with Crippen LogP contribution in [-0.4, -0.2) is 10.9 Å². The van der Waals surface area contributed by atoms with Crippen LogP contribution in [0.1, 0.15) is 56.1 Å². The van der Waals surface area contributed by atoms with Crippen molar-refractivity contribution in [3.05, 3.63) is 29.3 Å². The van der Waals surface area contributed by atoms with E-state index in [0.29, 0.717) is 16.3 Å². The second-order valence-corrected chi connectivity index (χ2v) is 7.83. The minimum absolute atomic E-state index is 0.396. The molecule has 2 heteroatoms. The van der Waals surface area contributed by atoms with Crippen molar-refractivity contribution in [2.75, 3.05) is 0 Å². The average molecular weight is 337 g/mol.